The van der Waals surface area contributed by atoms with E-state index < -0.39 is 27.1 Å². The van der Waals surface area contributed by atoms with Crippen LogP contribution in [0.5, 0.6) is 5.75 Å². The Morgan fingerprint density at radius 3 is 2.45 bits per heavy atom. The lowest BCUT2D eigenvalue weighted by Crippen LogP contribution is -2.31. The van der Waals surface area contributed by atoms with Crippen molar-refractivity contribution in [3.8, 4) is 5.75 Å². The number of benzene rings is 2. The van der Waals surface area contributed by atoms with Crippen molar-refractivity contribution in [2.75, 3.05) is 18.2 Å². The number of hydrogen-bond acceptors (Lipinski definition) is 10. The first-order chi connectivity index (χ1) is 22.6. The summed E-state index contributed by atoms with van der Waals surface area (Å²) in [5.41, 5.74) is 2.40. The Labute approximate surface area is 269 Å². The van der Waals surface area contributed by atoms with Crippen molar-refractivity contribution in [2.24, 2.45) is 0 Å². The first-order valence-corrected chi connectivity index (χ1v) is 16.0. The lowest BCUT2D eigenvalue weighted by molar-refractivity contribution is -0.0000765. The molecule has 2 aromatic carbocycles. The third kappa shape index (κ3) is 7.76. The van der Waals surface area contributed by atoms with E-state index in [1.807, 2.05) is 6.92 Å². The highest BCUT2D eigenvalue weighted by Crippen LogP contribution is 2.34. The molecule has 0 aliphatic heterocycles. The minimum Gasteiger partial charge on any atom is -0.426 e. The van der Waals surface area contributed by atoms with Gasteiger partial charge in [-0.15, -0.1) is 0 Å². The van der Waals surface area contributed by atoms with Crippen molar-refractivity contribution in [2.45, 2.75) is 46.1 Å². The Hall–Kier alpha value is -5.27. The molecule has 246 valence electrons. The summed E-state index contributed by atoms with van der Waals surface area (Å²) in [6, 6.07) is 10.2. The Bertz CT molecular complexity index is 1860. The molecule has 1 aliphatic rings. The Kier molecular flexibility index (Phi) is 10.2. The van der Waals surface area contributed by atoms with Crippen LogP contribution >= 0.6 is 8.25 Å². The van der Waals surface area contributed by atoms with Gasteiger partial charge in [-0.3, -0.25) is 9.59 Å². The van der Waals surface area contributed by atoms with Crippen LogP contribution in [0.25, 0.3) is 5.52 Å². The molecular weight excluding hydrogens is 631 g/mol. The molecule has 0 radical (unpaired) electrons. The molecule has 2 aromatic heterocycles. The SMILES string of the molecule is CCCNC(=O)c1cn2ncnc(N(C(=O)OCOC(=O)c3ccc(O[PH](=O)O)cc3)c3cc(C(=O)NC4CC4)ccc3C)c2c1C. The van der Waals surface area contributed by atoms with Crippen LogP contribution < -0.4 is 20.1 Å². The maximum Gasteiger partial charge on any atom is 0.423 e. The molecule has 0 spiro atoms. The third-order valence-corrected chi connectivity index (χ3v) is 7.68. The average molecular weight is 665 g/mol. The highest BCUT2D eigenvalue weighted by Gasteiger charge is 2.30. The number of amides is 3. The minimum atomic E-state index is -3.21. The first-order valence-electron chi connectivity index (χ1n) is 14.7. The van der Waals surface area contributed by atoms with Crippen molar-refractivity contribution in [1.82, 2.24) is 25.2 Å². The van der Waals surface area contributed by atoms with Crippen molar-refractivity contribution in [1.29, 1.82) is 0 Å². The monoisotopic (exact) mass is 664 g/mol. The molecule has 1 aliphatic carbocycles. The van der Waals surface area contributed by atoms with Crippen LogP contribution in [0, 0.1) is 13.8 Å². The van der Waals surface area contributed by atoms with Crippen molar-refractivity contribution >= 4 is 49.2 Å². The number of carbonyl (C=O) groups is 4. The zero-order valence-electron chi connectivity index (χ0n) is 25.8. The Morgan fingerprint density at radius 2 is 1.77 bits per heavy atom. The zero-order chi connectivity index (χ0) is 33.7. The normalized spacial score (nSPS) is 13.0. The number of nitrogens with one attached hydrogen (secondary N) is 2. The Balaban J connectivity index is 1.46. The minimum absolute atomic E-state index is 0.0602. The van der Waals surface area contributed by atoms with E-state index in [-0.39, 0.29) is 40.7 Å². The molecule has 1 unspecified atom stereocenters. The number of carbonyl (C=O) groups excluding carboxylic acids is 4. The second kappa shape index (κ2) is 14.4. The molecule has 1 atom stereocenters. The van der Waals surface area contributed by atoms with Gasteiger partial charge < -0.3 is 29.5 Å². The van der Waals surface area contributed by atoms with Crippen molar-refractivity contribution in [3.05, 3.63) is 82.8 Å². The number of ether oxygens (including phenoxy) is 2. The van der Waals surface area contributed by atoms with E-state index in [2.05, 4.69) is 20.7 Å². The van der Waals surface area contributed by atoms with Gasteiger partial charge in [0.05, 0.1) is 16.8 Å². The molecule has 4 aromatic rings. The molecule has 3 N–H and O–H groups in total. The summed E-state index contributed by atoms with van der Waals surface area (Å²) in [4.78, 5) is 66.8. The van der Waals surface area contributed by atoms with E-state index in [1.54, 1.807) is 26.0 Å². The van der Waals surface area contributed by atoms with Gasteiger partial charge >= 0.3 is 20.3 Å². The second-order valence-corrected chi connectivity index (χ2v) is 11.5. The molecule has 3 amide bonds. The summed E-state index contributed by atoms with van der Waals surface area (Å²) in [6.07, 6.45) is 4.29. The van der Waals surface area contributed by atoms with Gasteiger partial charge in [-0.2, -0.15) is 5.10 Å². The number of nitrogens with zero attached hydrogens (tertiary/aromatic N) is 4. The first kappa shape index (κ1) is 33.1. The lowest BCUT2D eigenvalue weighted by Gasteiger charge is -2.24. The van der Waals surface area contributed by atoms with Crippen LogP contribution in [-0.2, 0) is 14.0 Å². The standard InChI is InChI=1S/C31H33N6O9P/c1-4-13-32-29(39)24-15-36-26(19(24)3)27(33-16-34-36)37(25-14-21(6-5-18(25)2)28(38)35-22-9-10-22)31(41)45-17-44-30(40)20-7-11-23(12-8-20)46-47(42)43/h5-8,11-12,14-16,22,47H,4,9-10,13,17H2,1-3H3,(H,32,39)(H,35,38)(H,42,43). The molecular formula is C31H33N6O9P. The van der Waals surface area contributed by atoms with Crippen molar-refractivity contribution in [3.63, 3.8) is 0 Å². The van der Waals surface area contributed by atoms with Gasteiger partial charge in [0.1, 0.15) is 17.6 Å². The molecule has 16 heteroatoms. The molecule has 5 rings (SSSR count). The zero-order valence-corrected chi connectivity index (χ0v) is 26.8. The van der Waals surface area contributed by atoms with Gasteiger partial charge in [-0.25, -0.2) is 28.6 Å². The van der Waals surface area contributed by atoms with E-state index >= 15 is 0 Å². The topological polar surface area (TPSA) is 191 Å². The fourth-order valence-electron chi connectivity index (χ4n) is 4.70. The largest absolute Gasteiger partial charge is 0.426 e. The number of esters is 1. The fraction of sp³-hybridized carbons (Fsp3) is 0.290. The average Bonchev–Trinajstić information content (AvgIpc) is 3.80. The number of hydrogen-bond donors (Lipinski definition) is 3. The van der Waals surface area contributed by atoms with E-state index in [1.165, 1.54) is 47.4 Å². The smallest absolute Gasteiger partial charge is 0.423 e. The van der Waals surface area contributed by atoms with E-state index in [0.29, 0.717) is 34.3 Å². The van der Waals surface area contributed by atoms with Gasteiger partial charge in [0.2, 0.25) is 6.79 Å². The quantitative estimate of drug-likeness (QED) is 0.112. The van der Waals surface area contributed by atoms with Crippen LogP contribution in [0.2, 0.25) is 0 Å². The van der Waals surface area contributed by atoms with Crippen LogP contribution in [0.4, 0.5) is 16.3 Å². The highest BCUT2D eigenvalue weighted by atomic mass is 31.1. The molecule has 1 saturated carbocycles. The number of fused-ring (bicyclic) bond motifs is 1. The number of aryl methyl sites for hydroxylation is 2. The lowest BCUT2D eigenvalue weighted by atomic mass is 10.1. The van der Waals surface area contributed by atoms with Gasteiger partial charge in [-0.05, 0) is 80.6 Å². The van der Waals surface area contributed by atoms with E-state index in [4.69, 9.17) is 18.9 Å². The molecule has 1 fully saturated rings. The van der Waals surface area contributed by atoms with Crippen LogP contribution in [0.15, 0.2) is 55.0 Å². The van der Waals surface area contributed by atoms with Crippen molar-refractivity contribution < 1.29 is 42.6 Å². The predicted octanol–water partition coefficient (Wildman–Crippen LogP) is 4.23. The summed E-state index contributed by atoms with van der Waals surface area (Å²) in [5, 5.41) is 10.0. The Morgan fingerprint density at radius 1 is 1.04 bits per heavy atom. The highest BCUT2D eigenvalue weighted by molar-refractivity contribution is 7.32. The second-order valence-electron chi connectivity index (χ2n) is 10.7. The van der Waals surface area contributed by atoms with E-state index in [0.717, 1.165) is 24.2 Å². The van der Waals surface area contributed by atoms with E-state index in [9.17, 15) is 23.7 Å². The summed E-state index contributed by atoms with van der Waals surface area (Å²) in [6.45, 7) is 5.06. The number of anilines is 2. The molecule has 0 saturated heterocycles. The van der Waals surface area contributed by atoms with Gasteiger partial charge in [0.25, 0.3) is 11.8 Å². The number of rotatable bonds is 12. The molecule has 47 heavy (non-hydrogen) atoms. The van der Waals surface area contributed by atoms with Gasteiger partial charge in [0, 0.05) is 24.3 Å². The van der Waals surface area contributed by atoms with Crippen LogP contribution in [0.1, 0.15) is 68.4 Å². The van der Waals surface area contributed by atoms with Gasteiger partial charge in [-0.1, -0.05) is 13.0 Å². The fourth-order valence-corrected chi connectivity index (χ4v) is 5.03. The van der Waals surface area contributed by atoms with Crippen LogP contribution in [-0.4, -0.2) is 62.7 Å². The molecule has 0 bridgehead atoms. The maximum atomic E-state index is 13.9. The predicted molar refractivity (Wildman–Crippen MR) is 169 cm³/mol. The van der Waals surface area contributed by atoms with Gasteiger partial charge in [0.15, 0.2) is 5.82 Å². The summed E-state index contributed by atoms with van der Waals surface area (Å²) in [5.74, 6) is -1.31. The third-order valence-electron chi connectivity index (χ3n) is 7.27. The summed E-state index contributed by atoms with van der Waals surface area (Å²) < 4.78 is 27.6. The summed E-state index contributed by atoms with van der Waals surface area (Å²) >= 11 is 0. The summed E-state index contributed by atoms with van der Waals surface area (Å²) in [7, 11) is -3.21. The number of aromatic nitrogens is 3. The molecule has 15 nitrogen and oxygen atoms in total. The molecule has 2 heterocycles. The van der Waals surface area contributed by atoms with Crippen LogP contribution in [0.3, 0.4) is 0 Å². The maximum absolute atomic E-state index is 13.9.